The predicted octanol–water partition coefficient (Wildman–Crippen LogP) is 4.35. The molecule has 2 aliphatic rings. The molecule has 2 atom stereocenters. The van der Waals surface area contributed by atoms with Crippen molar-refractivity contribution < 1.29 is 9.47 Å². The summed E-state index contributed by atoms with van der Waals surface area (Å²) in [5, 5.41) is 0. The summed E-state index contributed by atoms with van der Waals surface area (Å²) in [7, 11) is 0. The van der Waals surface area contributed by atoms with Gasteiger partial charge in [-0.25, -0.2) is 0 Å². The first-order valence-electron chi connectivity index (χ1n) is 7.66. The predicted molar refractivity (Wildman–Crippen MR) is 83.7 cm³/mol. The fraction of sp³-hybridized carbons (Fsp3) is 0.556. The van der Waals surface area contributed by atoms with E-state index in [1.165, 1.54) is 11.1 Å². The van der Waals surface area contributed by atoms with E-state index in [1.807, 2.05) is 0 Å². The van der Waals surface area contributed by atoms with Gasteiger partial charge in [0.05, 0.1) is 25.4 Å². The number of rotatable bonds is 5. The van der Waals surface area contributed by atoms with E-state index < -0.39 is 0 Å². The lowest BCUT2D eigenvalue weighted by Gasteiger charge is -2.20. The molecule has 110 valence electrons. The molecule has 0 aromatic rings. The summed E-state index contributed by atoms with van der Waals surface area (Å²) in [5.41, 5.74) is 2.41. The summed E-state index contributed by atoms with van der Waals surface area (Å²) in [6.07, 6.45) is 15.3. The standard InChI is InChI=1S/C18H26O2/c1-15-9-5-3-7-11-17(15)19-13-14-20-18-12-8-4-6-10-16(18)2/h3-4,7-8,17-18H,1-2,5-6,9-14H2. The first kappa shape index (κ1) is 15.3. The second-order valence-corrected chi connectivity index (χ2v) is 5.53. The van der Waals surface area contributed by atoms with Gasteiger partial charge in [-0.1, -0.05) is 37.5 Å². The van der Waals surface area contributed by atoms with Crippen molar-refractivity contribution in [2.45, 2.75) is 50.7 Å². The third-order valence-corrected chi connectivity index (χ3v) is 3.93. The molecule has 0 amide bonds. The topological polar surface area (TPSA) is 18.5 Å². The van der Waals surface area contributed by atoms with Crippen molar-refractivity contribution in [2.24, 2.45) is 0 Å². The Balaban J connectivity index is 1.67. The second kappa shape index (κ2) is 8.23. The molecular weight excluding hydrogens is 248 g/mol. The minimum atomic E-state index is 0.162. The highest BCUT2D eigenvalue weighted by molar-refractivity contribution is 5.10. The maximum Gasteiger partial charge on any atom is 0.0818 e. The Morgan fingerprint density at radius 2 is 1.25 bits per heavy atom. The highest BCUT2D eigenvalue weighted by Gasteiger charge is 2.16. The Morgan fingerprint density at radius 1 is 0.800 bits per heavy atom. The molecule has 0 saturated carbocycles. The largest absolute Gasteiger partial charge is 0.371 e. The van der Waals surface area contributed by atoms with Crippen molar-refractivity contribution in [3.05, 3.63) is 48.6 Å². The number of allylic oxidation sites excluding steroid dienone is 2. The Kier molecular flexibility index (Phi) is 6.28. The molecular formula is C18H26O2. The normalized spacial score (nSPS) is 27.4. The van der Waals surface area contributed by atoms with Gasteiger partial charge >= 0.3 is 0 Å². The van der Waals surface area contributed by atoms with E-state index in [2.05, 4.69) is 37.5 Å². The quantitative estimate of drug-likeness (QED) is 0.548. The first-order chi connectivity index (χ1) is 9.77. The average Bonchev–Trinajstić information content (AvgIpc) is 2.77. The van der Waals surface area contributed by atoms with Crippen LogP contribution in [0.4, 0.5) is 0 Å². The van der Waals surface area contributed by atoms with Gasteiger partial charge in [0.1, 0.15) is 0 Å². The molecule has 0 aliphatic heterocycles. The van der Waals surface area contributed by atoms with Crippen LogP contribution in [0.15, 0.2) is 48.6 Å². The lowest BCUT2D eigenvalue weighted by atomic mass is 10.1. The molecule has 0 fully saturated rings. The molecule has 0 heterocycles. The van der Waals surface area contributed by atoms with Crippen molar-refractivity contribution in [3.63, 3.8) is 0 Å². The van der Waals surface area contributed by atoms with Crippen LogP contribution in [0.1, 0.15) is 38.5 Å². The van der Waals surface area contributed by atoms with Crippen LogP contribution < -0.4 is 0 Å². The molecule has 0 aromatic carbocycles. The van der Waals surface area contributed by atoms with Crippen molar-refractivity contribution in [2.75, 3.05) is 13.2 Å². The fourth-order valence-corrected chi connectivity index (χ4v) is 2.62. The first-order valence-corrected chi connectivity index (χ1v) is 7.66. The van der Waals surface area contributed by atoms with Crippen LogP contribution in [0.5, 0.6) is 0 Å². The van der Waals surface area contributed by atoms with Crippen LogP contribution in [0.25, 0.3) is 0 Å². The SMILES string of the molecule is C=C1CCC=CCC1OCCOC1CC=CCCC1=C. The molecule has 0 bridgehead atoms. The lowest BCUT2D eigenvalue weighted by Crippen LogP contribution is -2.21. The summed E-state index contributed by atoms with van der Waals surface area (Å²) in [5.74, 6) is 0. The minimum Gasteiger partial charge on any atom is -0.371 e. The summed E-state index contributed by atoms with van der Waals surface area (Å²) in [6, 6.07) is 0. The molecule has 2 heteroatoms. The Labute approximate surface area is 122 Å². The molecule has 2 rings (SSSR count). The summed E-state index contributed by atoms with van der Waals surface area (Å²) < 4.78 is 11.8. The van der Waals surface area contributed by atoms with Crippen LogP contribution in [-0.4, -0.2) is 25.4 Å². The van der Waals surface area contributed by atoms with E-state index in [4.69, 9.17) is 9.47 Å². The van der Waals surface area contributed by atoms with Gasteiger partial charge in [-0.05, 0) is 49.7 Å². The number of hydrogen-bond acceptors (Lipinski definition) is 2. The second-order valence-electron chi connectivity index (χ2n) is 5.53. The van der Waals surface area contributed by atoms with E-state index >= 15 is 0 Å². The monoisotopic (exact) mass is 274 g/mol. The summed E-state index contributed by atoms with van der Waals surface area (Å²) in [4.78, 5) is 0. The summed E-state index contributed by atoms with van der Waals surface area (Å²) >= 11 is 0. The third kappa shape index (κ3) is 4.77. The van der Waals surface area contributed by atoms with E-state index in [1.54, 1.807) is 0 Å². The highest BCUT2D eigenvalue weighted by Crippen LogP contribution is 2.21. The van der Waals surface area contributed by atoms with Crippen molar-refractivity contribution >= 4 is 0 Å². The van der Waals surface area contributed by atoms with Crippen molar-refractivity contribution in [1.29, 1.82) is 0 Å². The van der Waals surface area contributed by atoms with Crippen LogP contribution in [-0.2, 0) is 9.47 Å². The smallest absolute Gasteiger partial charge is 0.0818 e. The highest BCUT2D eigenvalue weighted by atomic mass is 16.5. The van der Waals surface area contributed by atoms with Crippen LogP contribution in [0, 0.1) is 0 Å². The molecule has 0 saturated heterocycles. The average molecular weight is 274 g/mol. The zero-order chi connectivity index (χ0) is 14.2. The zero-order valence-corrected chi connectivity index (χ0v) is 12.4. The van der Waals surface area contributed by atoms with Gasteiger partial charge in [0.2, 0.25) is 0 Å². The van der Waals surface area contributed by atoms with Crippen molar-refractivity contribution in [1.82, 2.24) is 0 Å². The Bertz CT molecular complexity index is 354. The van der Waals surface area contributed by atoms with E-state index in [0.29, 0.717) is 13.2 Å². The Morgan fingerprint density at radius 3 is 1.70 bits per heavy atom. The van der Waals surface area contributed by atoms with Gasteiger partial charge in [-0.15, -0.1) is 0 Å². The molecule has 2 unspecified atom stereocenters. The number of hydrogen-bond donors (Lipinski definition) is 0. The molecule has 0 spiro atoms. The fourth-order valence-electron chi connectivity index (χ4n) is 2.62. The minimum absolute atomic E-state index is 0.162. The van der Waals surface area contributed by atoms with Crippen LogP contribution >= 0.6 is 0 Å². The van der Waals surface area contributed by atoms with Crippen molar-refractivity contribution in [3.8, 4) is 0 Å². The van der Waals surface area contributed by atoms with Gasteiger partial charge in [0.25, 0.3) is 0 Å². The molecule has 2 aliphatic carbocycles. The summed E-state index contributed by atoms with van der Waals surface area (Å²) in [6.45, 7) is 9.50. The van der Waals surface area contributed by atoms with Crippen LogP contribution in [0.3, 0.4) is 0 Å². The van der Waals surface area contributed by atoms with Gasteiger partial charge in [0, 0.05) is 0 Å². The van der Waals surface area contributed by atoms with Crippen LogP contribution in [0.2, 0.25) is 0 Å². The van der Waals surface area contributed by atoms with E-state index in [0.717, 1.165) is 38.5 Å². The van der Waals surface area contributed by atoms with E-state index in [-0.39, 0.29) is 12.2 Å². The molecule has 0 N–H and O–H groups in total. The molecule has 0 radical (unpaired) electrons. The third-order valence-electron chi connectivity index (χ3n) is 3.93. The maximum atomic E-state index is 5.91. The van der Waals surface area contributed by atoms with Gasteiger partial charge in [0.15, 0.2) is 0 Å². The zero-order valence-electron chi connectivity index (χ0n) is 12.4. The Hall–Kier alpha value is -1.12. The van der Waals surface area contributed by atoms with Gasteiger partial charge < -0.3 is 9.47 Å². The molecule has 2 nitrogen and oxygen atoms in total. The lowest BCUT2D eigenvalue weighted by molar-refractivity contribution is -0.000616. The van der Waals surface area contributed by atoms with Gasteiger partial charge in [-0.2, -0.15) is 0 Å². The number of ether oxygens (including phenoxy) is 2. The molecule has 0 aromatic heterocycles. The van der Waals surface area contributed by atoms with E-state index in [9.17, 15) is 0 Å². The van der Waals surface area contributed by atoms with Gasteiger partial charge in [-0.3, -0.25) is 0 Å². The molecule has 20 heavy (non-hydrogen) atoms. The maximum absolute atomic E-state index is 5.91.